The van der Waals surface area contributed by atoms with E-state index in [2.05, 4.69) is 0 Å². The van der Waals surface area contributed by atoms with Gasteiger partial charge in [0.15, 0.2) is 11.5 Å². The SMILES string of the molecule is O=[N+]([O-])c1ccc(OC2O[C@H](CO)[C@@H](O)[C@H]2O)c(O)c1. The summed E-state index contributed by atoms with van der Waals surface area (Å²) in [5, 5.41) is 48.2. The van der Waals surface area contributed by atoms with Crippen LogP contribution >= 0.6 is 0 Å². The molecular formula is C11H13NO8. The van der Waals surface area contributed by atoms with Gasteiger partial charge in [-0.2, -0.15) is 0 Å². The fraction of sp³-hybridized carbons (Fsp3) is 0.455. The molecule has 1 aromatic rings. The Hall–Kier alpha value is -1.94. The predicted octanol–water partition coefficient (Wildman–Crippen LogP) is -0.882. The highest BCUT2D eigenvalue weighted by Crippen LogP contribution is 2.33. The van der Waals surface area contributed by atoms with Gasteiger partial charge in [-0.15, -0.1) is 0 Å². The maximum Gasteiger partial charge on any atom is 0.273 e. The standard InChI is InChI=1S/C11H13NO8/c13-4-8-9(15)10(16)11(20-8)19-7-2-1-5(12(17)18)3-6(7)14/h1-3,8-11,13-16H,4H2/t8-,9-,10-,11?/m1/s1. The molecule has 1 fully saturated rings. The van der Waals surface area contributed by atoms with Crippen molar-refractivity contribution in [3.05, 3.63) is 28.3 Å². The molecule has 9 nitrogen and oxygen atoms in total. The zero-order valence-corrected chi connectivity index (χ0v) is 10.1. The smallest absolute Gasteiger partial charge is 0.273 e. The molecule has 110 valence electrons. The van der Waals surface area contributed by atoms with Gasteiger partial charge in [-0.05, 0) is 6.07 Å². The van der Waals surface area contributed by atoms with Crippen LogP contribution in [-0.4, -0.2) is 56.6 Å². The summed E-state index contributed by atoms with van der Waals surface area (Å²) >= 11 is 0. The Morgan fingerprint density at radius 3 is 2.55 bits per heavy atom. The number of ether oxygens (including phenoxy) is 2. The number of non-ortho nitro benzene ring substituents is 1. The van der Waals surface area contributed by atoms with Gasteiger partial charge in [0.05, 0.1) is 17.6 Å². The molecule has 4 atom stereocenters. The second-order valence-corrected chi connectivity index (χ2v) is 4.23. The zero-order chi connectivity index (χ0) is 14.9. The highest BCUT2D eigenvalue weighted by molar-refractivity contribution is 5.47. The molecule has 1 heterocycles. The Labute approximate surface area is 112 Å². The lowest BCUT2D eigenvalue weighted by Crippen LogP contribution is -2.35. The highest BCUT2D eigenvalue weighted by atomic mass is 16.7. The molecule has 20 heavy (non-hydrogen) atoms. The molecule has 1 aliphatic rings. The minimum Gasteiger partial charge on any atom is -0.504 e. The van der Waals surface area contributed by atoms with E-state index < -0.39 is 41.9 Å². The summed E-state index contributed by atoms with van der Waals surface area (Å²) in [6, 6.07) is 3.13. The molecule has 0 aliphatic carbocycles. The van der Waals surface area contributed by atoms with Gasteiger partial charge in [0.2, 0.25) is 6.29 Å². The summed E-state index contributed by atoms with van der Waals surface area (Å²) in [6.07, 6.45) is -5.04. The second kappa shape index (κ2) is 5.59. The van der Waals surface area contributed by atoms with E-state index in [0.29, 0.717) is 0 Å². The normalized spacial score (nSPS) is 29.4. The number of aliphatic hydroxyl groups is 3. The number of phenols is 1. The van der Waals surface area contributed by atoms with Crippen molar-refractivity contribution in [2.45, 2.75) is 24.6 Å². The van der Waals surface area contributed by atoms with E-state index in [-0.39, 0.29) is 11.4 Å². The van der Waals surface area contributed by atoms with E-state index in [4.69, 9.17) is 14.6 Å². The quantitative estimate of drug-likeness (QED) is 0.413. The third-order valence-corrected chi connectivity index (χ3v) is 2.90. The number of aliphatic hydroxyl groups excluding tert-OH is 3. The minimum atomic E-state index is -1.42. The molecule has 9 heteroatoms. The van der Waals surface area contributed by atoms with Crippen LogP contribution in [0.5, 0.6) is 11.5 Å². The fourth-order valence-corrected chi connectivity index (χ4v) is 1.81. The first-order valence-electron chi connectivity index (χ1n) is 5.70. The van der Waals surface area contributed by atoms with Gasteiger partial charge in [-0.3, -0.25) is 10.1 Å². The molecule has 4 N–H and O–H groups in total. The van der Waals surface area contributed by atoms with E-state index in [0.717, 1.165) is 18.2 Å². The van der Waals surface area contributed by atoms with Gasteiger partial charge in [-0.25, -0.2) is 0 Å². The maximum atomic E-state index is 10.5. The van der Waals surface area contributed by atoms with Crippen LogP contribution in [0.25, 0.3) is 0 Å². The van der Waals surface area contributed by atoms with Crippen molar-refractivity contribution in [2.24, 2.45) is 0 Å². The van der Waals surface area contributed by atoms with Crippen LogP contribution in [0.15, 0.2) is 18.2 Å². The van der Waals surface area contributed by atoms with Crippen LogP contribution in [0.2, 0.25) is 0 Å². The van der Waals surface area contributed by atoms with Crippen molar-refractivity contribution in [1.29, 1.82) is 0 Å². The number of phenolic OH excluding ortho intramolecular Hbond substituents is 1. The number of nitro groups is 1. The molecule has 0 amide bonds. The molecule has 0 bridgehead atoms. The predicted molar refractivity (Wildman–Crippen MR) is 63.1 cm³/mol. The van der Waals surface area contributed by atoms with Gasteiger partial charge < -0.3 is 29.9 Å². The average Bonchev–Trinajstić information content (AvgIpc) is 2.68. The van der Waals surface area contributed by atoms with Crippen LogP contribution in [0.4, 0.5) is 5.69 Å². The largest absolute Gasteiger partial charge is 0.504 e. The van der Waals surface area contributed by atoms with Crippen LogP contribution in [0, 0.1) is 10.1 Å². The minimum absolute atomic E-state index is 0.148. The van der Waals surface area contributed by atoms with Gasteiger partial charge in [0.1, 0.15) is 18.3 Å². The molecule has 1 unspecified atom stereocenters. The van der Waals surface area contributed by atoms with E-state index >= 15 is 0 Å². The van der Waals surface area contributed by atoms with E-state index in [1.54, 1.807) is 0 Å². The summed E-state index contributed by atoms with van der Waals surface area (Å²) in [7, 11) is 0. The Morgan fingerprint density at radius 1 is 1.35 bits per heavy atom. The first-order valence-corrected chi connectivity index (χ1v) is 5.70. The van der Waals surface area contributed by atoms with Gasteiger partial charge in [0.25, 0.3) is 5.69 Å². The Morgan fingerprint density at radius 2 is 2.05 bits per heavy atom. The molecular weight excluding hydrogens is 274 g/mol. The highest BCUT2D eigenvalue weighted by Gasteiger charge is 2.44. The van der Waals surface area contributed by atoms with Crippen molar-refractivity contribution in [3.63, 3.8) is 0 Å². The Bertz CT molecular complexity index is 507. The number of hydrogen-bond acceptors (Lipinski definition) is 8. The summed E-state index contributed by atoms with van der Waals surface area (Å²) in [5.41, 5.74) is -0.323. The van der Waals surface area contributed by atoms with Crippen molar-refractivity contribution in [1.82, 2.24) is 0 Å². The lowest BCUT2D eigenvalue weighted by atomic mass is 10.1. The average molecular weight is 287 g/mol. The summed E-state index contributed by atoms with van der Waals surface area (Å²) < 4.78 is 10.2. The Kier molecular flexibility index (Phi) is 4.04. The van der Waals surface area contributed by atoms with Crippen molar-refractivity contribution < 1.29 is 34.8 Å². The second-order valence-electron chi connectivity index (χ2n) is 4.23. The number of nitrogens with zero attached hydrogens (tertiary/aromatic N) is 1. The lowest BCUT2D eigenvalue weighted by molar-refractivity contribution is -0.385. The van der Waals surface area contributed by atoms with Crippen LogP contribution in [0.1, 0.15) is 0 Å². The van der Waals surface area contributed by atoms with E-state index in [1.165, 1.54) is 0 Å². The molecule has 2 rings (SSSR count). The third kappa shape index (κ3) is 2.65. The number of benzene rings is 1. The number of nitro benzene ring substituents is 1. The fourth-order valence-electron chi connectivity index (χ4n) is 1.81. The molecule has 0 aromatic heterocycles. The van der Waals surface area contributed by atoms with Crippen molar-refractivity contribution in [3.8, 4) is 11.5 Å². The summed E-state index contributed by atoms with van der Waals surface area (Å²) in [5.74, 6) is -0.651. The van der Waals surface area contributed by atoms with Crippen molar-refractivity contribution in [2.75, 3.05) is 6.61 Å². The maximum absolute atomic E-state index is 10.5. The summed E-state index contributed by atoms with van der Waals surface area (Å²) in [4.78, 5) is 9.83. The molecule has 1 aliphatic heterocycles. The van der Waals surface area contributed by atoms with Crippen molar-refractivity contribution >= 4 is 5.69 Å². The zero-order valence-electron chi connectivity index (χ0n) is 10.1. The monoisotopic (exact) mass is 287 g/mol. The molecule has 1 saturated heterocycles. The van der Waals surface area contributed by atoms with E-state index in [1.807, 2.05) is 0 Å². The Balaban J connectivity index is 2.13. The third-order valence-electron chi connectivity index (χ3n) is 2.90. The van der Waals surface area contributed by atoms with Crippen LogP contribution in [0.3, 0.4) is 0 Å². The molecule has 0 saturated carbocycles. The topological polar surface area (TPSA) is 143 Å². The van der Waals surface area contributed by atoms with Gasteiger partial charge in [-0.1, -0.05) is 0 Å². The number of rotatable bonds is 4. The lowest BCUT2D eigenvalue weighted by Gasteiger charge is -2.17. The van der Waals surface area contributed by atoms with Crippen LogP contribution in [-0.2, 0) is 4.74 Å². The molecule has 1 aromatic carbocycles. The van der Waals surface area contributed by atoms with E-state index in [9.17, 15) is 25.4 Å². The molecule has 0 radical (unpaired) electrons. The van der Waals surface area contributed by atoms with Crippen LogP contribution < -0.4 is 4.74 Å². The first kappa shape index (κ1) is 14.5. The number of aromatic hydroxyl groups is 1. The van der Waals surface area contributed by atoms with Gasteiger partial charge >= 0.3 is 0 Å². The number of hydrogen-bond donors (Lipinski definition) is 4. The summed E-state index contributed by atoms with van der Waals surface area (Å²) in [6.45, 7) is -0.510. The van der Waals surface area contributed by atoms with Gasteiger partial charge in [0, 0.05) is 6.07 Å². The molecule has 0 spiro atoms. The first-order chi connectivity index (χ1) is 9.43.